The summed E-state index contributed by atoms with van der Waals surface area (Å²) in [5.74, 6) is -1.68. The molecule has 0 aliphatic heterocycles. The number of aromatic carboxylic acids is 1. The van der Waals surface area contributed by atoms with E-state index in [2.05, 4.69) is 15.4 Å². The van der Waals surface area contributed by atoms with Crippen LogP contribution in [-0.4, -0.2) is 31.7 Å². The molecule has 0 aliphatic rings. The Labute approximate surface area is 189 Å². The first-order valence-electron chi connectivity index (χ1n) is 9.87. The number of carbonyl (C=O) groups excluding carboxylic acids is 1. The number of rotatable bonds is 6. The summed E-state index contributed by atoms with van der Waals surface area (Å²) in [5, 5.41) is 25.9. The van der Waals surface area contributed by atoms with E-state index in [1.165, 1.54) is 30.3 Å². The van der Waals surface area contributed by atoms with Gasteiger partial charge in [-0.15, -0.1) is 0 Å². The van der Waals surface area contributed by atoms with E-state index in [1.807, 2.05) is 36.4 Å². The van der Waals surface area contributed by atoms with Gasteiger partial charge in [-0.2, -0.15) is 10.4 Å². The molecular formula is C25H17N5O3. The number of nitrogens with one attached hydrogen (secondary N) is 1. The van der Waals surface area contributed by atoms with Gasteiger partial charge < -0.3 is 10.4 Å². The molecule has 2 heterocycles. The number of aromatic nitrogens is 3. The summed E-state index contributed by atoms with van der Waals surface area (Å²) >= 11 is 0. The average molecular weight is 435 g/mol. The van der Waals surface area contributed by atoms with Gasteiger partial charge in [0, 0.05) is 35.4 Å². The van der Waals surface area contributed by atoms with Crippen LogP contribution in [0.25, 0.3) is 23.0 Å². The van der Waals surface area contributed by atoms with Crippen LogP contribution in [0.2, 0.25) is 0 Å². The van der Waals surface area contributed by atoms with Gasteiger partial charge in [-0.3, -0.25) is 9.78 Å². The molecule has 0 spiro atoms. The topological polar surface area (TPSA) is 121 Å². The lowest BCUT2D eigenvalue weighted by atomic mass is 10.1. The number of nitrogens with zero attached hydrogens (tertiary/aromatic N) is 4. The third-order valence-electron chi connectivity index (χ3n) is 4.77. The smallest absolute Gasteiger partial charge is 0.335 e. The van der Waals surface area contributed by atoms with Crippen LogP contribution >= 0.6 is 0 Å². The van der Waals surface area contributed by atoms with Gasteiger partial charge in [-0.25, -0.2) is 9.48 Å². The summed E-state index contributed by atoms with van der Waals surface area (Å²) in [6.07, 6.45) is 6.51. The van der Waals surface area contributed by atoms with Crippen molar-refractivity contribution in [3.05, 3.63) is 102 Å². The van der Waals surface area contributed by atoms with E-state index >= 15 is 0 Å². The summed E-state index contributed by atoms with van der Waals surface area (Å²) in [6.45, 7) is 0. The highest BCUT2D eigenvalue weighted by Crippen LogP contribution is 2.25. The van der Waals surface area contributed by atoms with Crippen molar-refractivity contribution < 1.29 is 14.7 Å². The van der Waals surface area contributed by atoms with Gasteiger partial charge in [0.2, 0.25) is 0 Å². The van der Waals surface area contributed by atoms with Crippen LogP contribution in [0.4, 0.5) is 5.69 Å². The van der Waals surface area contributed by atoms with Crippen LogP contribution < -0.4 is 5.32 Å². The molecule has 4 aromatic rings. The van der Waals surface area contributed by atoms with Gasteiger partial charge in [0.25, 0.3) is 5.91 Å². The van der Waals surface area contributed by atoms with Crippen molar-refractivity contribution >= 4 is 23.6 Å². The molecule has 33 heavy (non-hydrogen) atoms. The van der Waals surface area contributed by atoms with E-state index in [-0.39, 0.29) is 11.1 Å². The van der Waals surface area contributed by atoms with E-state index in [0.29, 0.717) is 16.9 Å². The van der Waals surface area contributed by atoms with Crippen molar-refractivity contribution in [3.8, 4) is 23.0 Å². The third kappa shape index (κ3) is 4.84. The zero-order chi connectivity index (χ0) is 23.2. The number of anilines is 1. The molecule has 8 nitrogen and oxygen atoms in total. The lowest BCUT2D eigenvalue weighted by molar-refractivity contribution is -0.112. The first-order valence-corrected chi connectivity index (χ1v) is 9.87. The Morgan fingerprint density at radius 2 is 1.70 bits per heavy atom. The molecule has 0 saturated carbocycles. The molecular weight excluding hydrogens is 418 g/mol. The maximum atomic E-state index is 12.7. The predicted octanol–water partition coefficient (Wildman–Crippen LogP) is 4.18. The molecule has 2 N–H and O–H groups in total. The lowest BCUT2D eigenvalue weighted by Crippen LogP contribution is -2.13. The standard InChI is InChI=1S/C25H17N5O3/c26-15-19(24(31)28-21-8-6-18(7-9-21)25(32)33)14-20-16-30(22-4-2-1-3-5-22)29-23(20)17-10-12-27-13-11-17/h1-14,16H,(H,28,31)(H,32,33)/b19-14+. The van der Waals surface area contributed by atoms with Gasteiger partial charge in [0.05, 0.1) is 11.3 Å². The van der Waals surface area contributed by atoms with Gasteiger partial charge >= 0.3 is 5.97 Å². The first-order chi connectivity index (χ1) is 16.0. The molecule has 160 valence electrons. The van der Waals surface area contributed by atoms with E-state index in [1.54, 1.807) is 35.4 Å². The number of carboxylic acid groups (broad SMARTS) is 1. The molecule has 8 heteroatoms. The van der Waals surface area contributed by atoms with Gasteiger partial charge in [-0.05, 0) is 54.6 Å². The van der Waals surface area contributed by atoms with Gasteiger partial charge in [0.15, 0.2) is 0 Å². The SMILES string of the molecule is N#C/C(=C\c1cn(-c2ccccc2)nc1-c1ccncc1)C(=O)Nc1ccc(C(=O)O)cc1. The first kappa shape index (κ1) is 21.2. The average Bonchev–Trinajstić information content (AvgIpc) is 3.28. The summed E-state index contributed by atoms with van der Waals surface area (Å²) in [4.78, 5) is 27.8. The number of hydrogen-bond acceptors (Lipinski definition) is 5. The minimum absolute atomic E-state index is 0.0966. The maximum absolute atomic E-state index is 12.7. The molecule has 0 radical (unpaired) electrons. The molecule has 0 saturated heterocycles. The number of para-hydroxylation sites is 1. The number of pyridine rings is 1. The monoisotopic (exact) mass is 435 g/mol. The third-order valence-corrected chi connectivity index (χ3v) is 4.77. The number of amides is 1. The highest BCUT2D eigenvalue weighted by Gasteiger charge is 2.15. The zero-order valence-electron chi connectivity index (χ0n) is 17.2. The molecule has 1 amide bonds. The minimum atomic E-state index is -1.07. The van der Waals surface area contributed by atoms with Crippen molar-refractivity contribution in [2.45, 2.75) is 0 Å². The molecule has 0 unspecified atom stereocenters. The molecule has 0 atom stereocenters. The van der Waals surface area contributed by atoms with Crippen molar-refractivity contribution in [1.29, 1.82) is 5.26 Å². The Morgan fingerprint density at radius 1 is 1.00 bits per heavy atom. The Bertz CT molecular complexity index is 1370. The fourth-order valence-corrected chi connectivity index (χ4v) is 3.14. The fraction of sp³-hybridized carbons (Fsp3) is 0. The summed E-state index contributed by atoms with van der Waals surface area (Å²) in [7, 11) is 0. The number of hydrogen-bond donors (Lipinski definition) is 2. The minimum Gasteiger partial charge on any atom is -0.478 e. The van der Waals surface area contributed by atoms with Crippen molar-refractivity contribution in [2.24, 2.45) is 0 Å². The van der Waals surface area contributed by atoms with E-state index in [0.717, 1.165) is 11.3 Å². The molecule has 2 aromatic carbocycles. The Hall–Kier alpha value is -5.03. The largest absolute Gasteiger partial charge is 0.478 e. The normalized spacial score (nSPS) is 10.9. The van der Waals surface area contributed by atoms with Gasteiger partial charge in [0.1, 0.15) is 17.3 Å². The second-order valence-corrected chi connectivity index (χ2v) is 6.96. The maximum Gasteiger partial charge on any atom is 0.335 e. The van der Waals surface area contributed by atoms with Crippen LogP contribution in [0, 0.1) is 11.3 Å². The summed E-state index contributed by atoms with van der Waals surface area (Å²) < 4.78 is 1.68. The summed E-state index contributed by atoms with van der Waals surface area (Å²) in [5.41, 5.74) is 3.13. The number of benzene rings is 2. The Balaban J connectivity index is 1.69. The number of carboxylic acids is 1. The molecule has 4 rings (SSSR count). The number of nitriles is 1. The van der Waals surface area contributed by atoms with Crippen LogP contribution in [0.1, 0.15) is 15.9 Å². The fourth-order valence-electron chi connectivity index (χ4n) is 3.14. The van der Waals surface area contributed by atoms with E-state index in [9.17, 15) is 14.9 Å². The second-order valence-electron chi connectivity index (χ2n) is 6.96. The van der Waals surface area contributed by atoms with Crippen LogP contribution in [0.5, 0.6) is 0 Å². The molecule has 0 bridgehead atoms. The second kappa shape index (κ2) is 9.41. The molecule has 2 aromatic heterocycles. The van der Waals surface area contributed by atoms with Crippen molar-refractivity contribution in [3.63, 3.8) is 0 Å². The highest BCUT2D eigenvalue weighted by atomic mass is 16.4. The van der Waals surface area contributed by atoms with Crippen LogP contribution in [0.15, 0.2) is 90.9 Å². The quantitative estimate of drug-likeness (QED) is 0.346. The number of carbonyl (C=O) groups is 2. The summed E-state index contributed by atoms with van der Waals surface area (Å²) in [6, 6.07) is 20.7. The van der Waals surface area contributed by atoms with Crippen LogP contribution in [0.3, 0.4) is 0 Å². The lowest BCUT2D eigenvalue weighted by Gasteiger charge is -2.05. The van der Waals surface area contributed by atoms with E-state index < -0.39 is 11.9 Å². The highest BCUT2D eigenvalue weighted by molar-refractivity contribution is 6.10. The Kier molecular flexibility index (Phi) is 6.05. The Morgan fingerprint density at radius 3 is 2.33 bits per heavy atom. The predicted molar refractivity (Wildman–Crippen MR) is 122 cm³/mol. The van der Waals surface area contributed by atoms with Crippen molar-refractivity contribution in [2.75, 3.05) is 5.32 Å². The zero-order valence-corrected chi connectivity index (χ0v) is 17.2. The van der Waals surface area contributed by atoms with Crippen molar-refractivity contribution in [1.82, 2.24) is 14.8 Å². The molecule has 0 fully saturated rings. The van der Waals surface area contributed by atoms with Crippen LogP contribution in [-0.2, 0) is 4.79 Å². The van der Waals surface area contributed by atoms with E-state index in [4.69, 9.17) is 5.11 Å². The van der Waals surface area contributed by atoms with Gasteiger partial charge in [-0.1, -0.05) is 18.2 Å². The molecule has 0 aliphatic carbocycles.